The monoisotopic (exact) mass is 272 g/mol. The highest BCUT2D eigenvalue weighted by Gasteiger charge is 2.03. The van der Waals surface area contributed by atoms with Crippen LogP contribution < -0.4 is 4.74 Å². The van der Waals surface area contributed by atoms with Gasteiger partial charge in [-0.3, -0.25) is 4.98 Å². The first kappa shape index (κ1) is 13.4. The Labute approximate surface area is 117 Å². The largest absolute Gasteiger partial charge is 0.492 e. The molecule has 0 N–H and O–H groups in total. The number of benzene rings is 1. The summed E-state index contributed by atoms with van der Waals surface area (Å²) in [6.45, 7) is 0.568. The Morgan fingerprint density at radius 3 is 2.74 bits per heavy atom. The minimum atomic E-state index is 0.469. The van der Waals surface area contributed by atoms with Crippen molar-refractivity contribution in [2.24, 2.45) is 0 Å². The zero-order valence-corrected chi connectivity index (χ0v) is 11.1. The van der Waals surface area contributed by atoms with Crippen LogP contribution in [0.25, 0.3) is 0 Å². The molecule has 0 radical (unpaired) electrons. The third-order valence-corrected chi connectivity index (χ3v) is 2.91. The van der Waals surface area contributed by atoms with E-state index in [9.17, 15) is 0 Å². The molecule has 96 valence electrons. The summed E-state index contributed by atoms with van der Waals surface area (Å²) in [5.74, 6) is 0.585. The number of aryl methyl sites for hydroxylation is 1. The maximum Gasteiger partial charge on any atom is 0.137 e. The zero-order chi connectivity index (χ0) is 13.5. The molecule has 1 aromatic heterocycles. The van der Waals surface area contributed by atoms with Crippen LogP contribution in [-0.4, -0.2) is 11.6 Å². The molecule has 1 aromatic carbocycles. The van der Waals surface area contributed by atoms with Crippen LogP contribution in [0, 0.1) is 11.3 Å². The second-order valence-electron chi connectivity index (χ2n) is 4.06. The summed E-state index contributed by atoms with van der Waals surface area (Å²) in [7, 11) is 0. The molecule has 2 rings (SSSR count). The molecule has 0 aliphatic rings. The molecule has 0 aliphatic carbocycles. The zero-order valence-electron chi connectivity index (χ0n) is 10.3. The SMILES string of the molecule is N#Cc1cc(Cl)ccc1OCCCc1ccncc1. The maximum absolute atomic E-state index is 8.98. The van der Waals surface area contributed by atoms with Crippen LogP contribution in [0.5, 0.6) is 5.75 Å². The second kappa shape index (κ2) is 6.77. The molecular weight excluding hydrogens is 260 g/mol. The molecule has 0 aliphatic heterocycles. The van der Waals surface area contributed by atoms with Gasteiger partial charge in [0.2, 0.25) is 0 Å². The molecule has 0 saturated carbocycles. The van der Waals surface area contributed by atoms with Crippen LogP contribution >= 0.6 is 11.6 Å². The molecule has 4 heteroatoms. The highest BCUT2D eigenvalue weighted by Crippen LogP contribution is 2.22. The molecule has 0 bridgehead atoms. The van der Waals surface area contributed by atoms with Crippen LogP contribution in [0.3, 0.4) is 0 Å². The molecule has 0 amide bonds. The number of rotatable bonds is 5. The van der Waals surface area contributed by atoms with Crippen molar-refractivity contribution in [2.45, 2.75) is 12.8 Å². The first-order chi connectivity index (χ1) is 9.29. The number of hydrogen-bond donors (Lipinski definition) is 0. The summed E-state index contributed by atoms with van der Waals surface area (Å²) < 4.78 is 5.61. The van der Waals surface area contributed by atoms with Gasteiger partial charge in [-0.25, -0.2) is 0 Å². The average molecular weight is 273 g/mol. The van der Waals surface area contributed by atoms with E-state index in [-0.39, 0.29) is 0 Å². The highest BCUT2D eigenvalue weighted by atomic mass is 35.5. The third kappa shape index (κ3) is 3.97. The van der Waals surface area contributed by atoms with Crippen LogP contribution in [0.2, 0.25) is 5.02 Å². The minimum absolute atomic E-state index is 0.469. The summed E-state index contributed by atoms with van der Waals surface area (Å²) in [5.41, 5.74) is 1.70. The van der Waals surface area contributed by atoms with Gasteiger partial charge in [0.15, 0.2) is 0 Å². The van der Waals surface area contributed by atoms with Crippen molar-refractivity contribution < 1.29 is 4.74 Å². The summed E-state index contributed by atoms with van der Waals surface area (Å²) in [4.78, 5) is 3.97. The van der Waals surface area contributed by atoms with E-state index in [1.165, 1.54) is 5.56 Å². The molecule has 0 saturated heterocycles. The first-order valence-corrected chi connectivity index (χ1v) is 6.39. The van der Waals surface area contributed by atoms with Crippen molar-refractivity contribution >= 4 is 11.6 Å². The van der Waals surface area contributed by atoms with Gasteiger partial charge in [-0.05, 0) is 48.7 Å². The van der Waals surface area contributed by atoms with Gasteiger partial charge >= 0.3 is 0 Å². The van der Waals surface area contributed by atoms with E-state index in [0.29, 0.717) is 22.9 Å². The molecule has 1 heterocycles. The van der Waals surface area contributed by atoms with Crippen LogP contribution in [0.15, 0.2) is 42.7 Å². The van der Waals surface area contributed by atoms with Crippen LogP contribution in [-0.2, 0) is 6.42 Å². The number of ether oxygens (including phenoxy) is 1. The Kier molecular flexibility index (Phi) is 4.77. The number of pyridine rings is 1. The van der Waals surface area contributed by atoms with Gasteiger partial charge in [0.05, 0.1) is 12.2 Å². The van der Waals surface area contributed by atoms with Crippen molar-refractivity contribution in [1.29, 1.82) is 5.26 Å². The summed E-state index contributed by atoms with van der Waals surface area (Å²) >= 11 is 5.82. The lowest BCUT2D eigenvalue weighted by molar-refractivity contribution is 0.310. The number of halogens is 1. The van der Waals surface area contributed by atoms with Gasteiger partial charge in [0, 0.05) is 17.4 Å². The fourth-order valence-corrected chi connectivity index (χ4v) is 1.90. The molecule has 3 nitrogen and oxygen atoms in total. The van der Waals surface area contributed by atoms with Crippen molar-refractivity contribution in [3.05, 3.63) is 58.9 Å². The van der Waals surface area contributed by atoms with Gasteiger partial charge in [-0.2, -0.15) is 5.26 Å². The first-order valence-electron chi connectivity index (χ1n) is 6.01. The molecule has 0 fully saturated rings. The molecule has 0 atom stereocenters. The van der Waals surface area contributed by atoms with E-state index in [1.807, 2.05) is 12.1 Å². The summed E-state index contributed by atoms with van der Waals surface area (Å²) in [6.07, 6.45) is 5.38. The van der Waals surface area contributed by atoms with Crippen molar-refractivity contribution in [2.75, 3.05) is 6.61 Å². The maximum atomic E-state index is 8.98. The van der Waals surface area contributed by atoms with Gasteiger partial charge < -0.3 is 4.74 Å². The van der Waals surface area contributed by atoms with Gasteiger partial charge in [-0.15, -0.1) is 0 Å². The molecule has 19 heavy (non-hydrogen) atoms. The number of hydrogen-bond acceptors (Lipinski definition) is 3. The lowest BCUT2D eigenvalue weighted by atomic mass is 10.1. The quantitative estimate of drug-likeness (QED) is 0.781. The van der Waals surface area contributed by atoms with E-state index in [1.54, 1.807) is 30.6 Å². The highest BCUT2D eigenvalue weighted by molar-refractivity contribution is 6.30. The van der Waals surface area contributed by atoms with Crippen molar-refractivity contribution in [3.8, 4) is 11.8 Å². The Morgan fingerprint density at radius 1 is 1.21 bits per heavy atom. The van der Waals surface area contributed by atoms with E-state index in [4.69, 9.17) is 21.6 Å². The molecule has 0 unspecified atom stereocenters. The smallest absolute Gasteiger partial charge is 0.137 e. The number of aromatic nitrogens is 1. The van der Waals surface area contributed by atoms with E-state index >= 15 is 0 Å². The number of nitrogens with zero attached hydrogens (tertiary/aromatic N) is 2. The molecule has 0 spiro atoms. The Bertz CT molecular complexity index is 578. The predicted octanol–water partition coefficient (Wildman–Crippen LogP) is 3.62. The van der Waals surface area contributed by atoms with E-state index < -0.39 is 0 Å². The fourth-order valence-electron chi connectivity index (χ4n) is 1.72. The van der Waals surface area contributed by atoms with Gasteiger partial charge in [0.25, 0.3) is 0 Å². The second-order valence-corrected chi connectivity index (χ2v) is 4.50. The Hall–Kier alpha value is -2.05. The standard InChI is InChI=1S/C15H13ClN2O/c16-14-3-4-15(13(10-14)11-17)19-9-1-2-12-5-7-18-8-6-12/h3-8,10H,1-2,9H2. The van der Waals surface area contributed by atoms with Crippen LogP contribution in [0.4, 0.5) is 0 Å². The fraction of sp³-hybridized carbons (Fsp3) is 0.200. The Morgan fingerprint density at radius 2 is 2.00 bits per heavy atom. The van der Waals surface area contributed by atoms with Crippen molar-refractivity contribution in [1.82, 2.24) is 4.98 Å². The summed E-state index contributed by atoms with van der Waals surface area (Å²) in [5, 5.41) is 9.52. The lowest BCUT2D eigenvalue weighted by Crippen LogP contribution is -2.01. The molecule has 2 aromatic rings. The molecular formula is C15H13ClN2O. The lowest BCUT2D eigenvalue weighted by Gasteiger charge is -2.08. The van der Waals surface area contributed by atoms with Crippen molar-refractivity contribution in [3.63, 3.8) is 0 Å². The third-order valence-electron chi connectivity index (χ3n) is 2.68. The normalized spacial score (nSPS) is 9.89. The average Bonchev–Trinajstić information content (AvgIpc) is 2.46. The van der Waals surface area contributed by atoms with E-state index in [2.05, 4.69) is 11.1 Å². The van der Waals surface area contributed by atoms with Gasteiger partial charge in [0.1, 0.15) is 11.8 Å². The van der Waals surface area contributed by atoms with Gasteiger partial charge in [-0.1, -0.05) is 11.6 Å². The summed E-state index contributed by atoms with van der Waals surface area (Å²) in [6, 6.07) is 11.1. The Balaban J connectivity index is 1.85. The predicted molar refractivity (Wildman–Crippen MR) is 74.2 cm³/mol. The topological polar surface area (TPSA) is 45.9 Å². The van der Waals surface area contributed by atoms with Crippen LogP contribution in [0.1, 0.15) is 17.5 Å². The van der Waals surface area contributed by atoms with E-state index in [0.717, 1.165) is 12.8 Å². The number of nitriles is 1. The minimum Gasteiger partial charge on any atom is -0.492 e.